The van der Waals surface area contributed by atoms with Crippen LogP contribution in [0.4, 0.5) is 0 Å². The first-order valence-electron chi connectivity index (χ1n) is 5.43. The van der Waals surface area contributed by atoms with Gasteiger partial charge in [-0.3, -0.25) is 0 Å². The molecule has 0 spiro atoms. The lowest BCUT2D eigenvalue weighted by Gasteiger charge is -2.12. The maximum absolute atomic E-state index is 6.06. The fourth-order valence-corrected chi connectivity index (χ4v) is 1.78. The van der Waals surface area contributed by atoms with Crippen LogP contribution in [-0.2, 0) is 0 Å². The highest BCUT2D eigenvalue weighted by atomic mass is 35.5. The number of aromatic nitrogens is 4. The van der Waals surface area contributed by atoms with Crippen LogP contribution in [0.3, 0.4) is 0 Å². The first-order valence-corrected chi connectivity index (χ1v) is 5.80. The average Bonchev–Trinajstić information content (AvgIpc) is 2.81. The molecule has 0 saturated carbocycles. The van der Waals surface area contributed by atoms with Gasteiger partial charge in [-0.25, -0.2) is 0 Å². The minimum atomic E-state index is -0.277. The molecule has 0 saturated heterocycles. The van der Waals surface area contributed by atoms with E-state index in [2.05, 4.69) is 15.5 Å². The van der Waals surface area contributed by atoms with Gasteiger partial charge in [-0.05, 0) is 35.9 Å². The molecule has 1 atom stereocenters. The second-order valence-corrected chi connectivity index (χ2v) is 4.42. The number of hydrogen-bond donors (Lipinski definition) is 1. The quantitative estimate of drug-likeness (QED) is 0.915. The van der Waals surface area contributed by atoms with Crippen molar-refractivity contribution in [3.8, 4) is 11.4 Å². The van der Waals surface area contributed by atoms with E-state index >= 15 is 0 Å². The molecular formula is C11H14ClN5O. The van der Waals surface area contributed by atoms with Gasteiger partial charge in [-0.15, -0.1) is 5.10 Å². The van der Waals surface area contributed by atoms with Crippen LogP contribution in [0, 0.1) is 6.92 Å². The molecule has 0 aliphatic heterocycles. The maximum Gasteiger partial charge on any atom is 0.173 e. The summed E-state index contributed by atoms with van der Waals surface area (Å²) >= 11 is 6.06. The Bertz CT molecular complexity index is 567. The number of nitrogens with zero attached hydrogens (tertiary/aromatic N) is 4. The molecule has 1 aromatic carbocycles. The Morgan fingerprint density at radius 1 is 1.44 bits per heavy atom. The van der Waals surface area contributed by atoms with Crippen molar-refractivity contribution in [3.05, 3.63) is 28.5 Å². The number of rotatable bonds is 3. The van der Waals surface area contributed by atoms with Crippen LogP contribution in [0.25, 0.3) is 5.69 Å². The van der Waals surface area contributed by atoms with Gasteiger partial charge in [0.2, 0.25) is 0 Å². The number of aryl methyl sites for hydroxylation is 1. The molecule has 1 aromatic heterocycles. The lowest BCUT2D eigenvalue weighted by Crippen LogP contribution is -2.14. The Morgan fingerprint density at radius 3 is 2.78 bits per heavy atom. The summed E-state index contributed by atoms with van der Waals surface area (Å²) in [5.41, 5.74) is 7.46. The van der Waals surface area contributed by atoms with Gasteiger partial charge in [-0.2, -0.15) is 4.68 Å². The second-order valence-electron chi connectivity index (χ2n) is 4.01. The monoisotopic (exact) mass is 267 g/mol. The highest BCUT2D eigenvalue weighted by Crippen LogP contribution is 2.30. The van der Waals surface area contributed by atoms with Crippen molar-refractivity contribution in [1.82, 2.24) is 20.2 Å². The predicted octanol–water partition coefficient (Wildman–Crippen LogP) is 1.65. The van der Waals surface area contributed by atoms with Gasteiger partial charge < -0.3 is 10.5 Å². The molecule has 2 N–H and O–H groups in total. The number of methoxy groups -OCH3 is 1. The third-order valence-corrected chi connectivity index (χ3v) is 3.00. The van der Waals surface area contributed by atoms with Crippen LogP contribution < -0.4 is 10.5 Å². The zero-order valence-electron chi connectivity index (χ0n) is 10.4. The summed E-state index contributed by atoms with van der Waals surface area (Å²) in [5.74, 6) is 1.16. The molecular weight excluding hydrogens is 254 g/mol. The lowest BCUT2D eigenvalue weighted by atomic mass is 10.2. The highest BCUT2D eigenvalue weighted by molar-refractivity contribution is 6.31. The van der Waals surface area contributed by atoms with Crippen molar-refractivity contribution >= 4 is 11.6 Å². The first kappa shape index (κ1) is 12.8. The minimum Gasteiger partial charge on any atom is -0.494 e. The molecule has 7 heteroatoms. The van der Waals surface area contributed by atoms with Crippen molar-refractivity contribution < 1.29 is 4.74 Å². The van der Waals surface area contributed by atoms with Crippen molar-refractivity contribution in [1.29, 1.82) is 0 Å². The molecule has 0 radical (unpaired) electrons. The van der Waals surface area contributed by atoms with E-state index in [1.165, 1.54) is 0 Å². The Balaban J connectivity index is 2.63. The van der Waals surface area contributed by atoms with E-state index in [0.717, 1.165) is 11.3 Å². The number of halogens is 1. The van der Waals surface area contributed by atoms with Crippen molar-refractivity contribution in [2.24, 2.45) is 5.73 Å². The number of hydrogen-bond acceptors (Lipinski definition) is 5. The van der Waals surface area contributed by atoms with Gasteiger partial charge in [0, 0.05) is 11.1 Å². The van der Waals surface area contributed by atoms with Crippen molar-refractivity contribution in [2.45, 2.75) is 19.9 Å². The number of benzene rings is 1. The lowest BCUT2D eigenvalue weighted by molar-refractivity contribution is 0.410. The van der Waals surface area contributed by atoms with Gasteiger partial charge in [0.25, 0.3) is 0 Å². The molecule has 0 fully saturated rings. The van der Waals surface area contributed by atoms with Gasteiger partial charge in [0.15, 0.2) is 5.82 Å². The molecule has 1 heterocycles. The molecule has 0 aliphatic carbocycles. The Kier molecular flexibility index (Phi) is 3.49. The number of nitrogens with two attached hydrogens (primary N) is 1. The summed E-state index contributed by atoms with van der Waals surface area (Å²) in [7, 11) is 1.57. The summed E-state index contributed by atoms with van der Waals surface area (Å²) in [4.78, 5) is 0. The summed E-state index contributed by atoms with van der Waals surface area (Å²) in [6, 6.07) is 3.32. The topological polar surface area (TPSA) is 78.8 Å². The van der Waals surface area contributed by atoms with E-state index in [4.69, 9.17) is 22.1 Å². The Labute approximate surface area is 110 Å². The predicted molar refractivity (Wildman–Crippen MR) is 68.1 cm³/mol. The van der Waals surface area contributed by atoms with Crippen molar-refractivity contribution in [2.75, 3.05) is 7.11 Å². The van der Waals surface area contributed by atoms with Crippen LogP contribution in [-0.4, -0.2) is 27.3 Å². The molecule has 1 unspecified atom stereocenters. The Hall–Kier alpha value is -1.66. The fourth-order valence-electron chi connectivity index (χ4n) is 1.63. The van der Waals surface area contributed by atoms with Crippen LogP contribution in [0.2, 0.25) is 5.02 Å². The average molecular weight is 268 g/mol. The van der Waals surface area contributed by atoms with E-state index in [1.54, 1.807) is 17.9 Å². The van der Waals surface area contributed by atoms with Gasteiger partial charge >= 0.3 is 0 Å². The number of tetrazole rings is 1. The van der Waals surface area contributed by atoms with Crippen molar-refractivity contribution in [3.63, 3.8) is 0 Å². The van der Waals surface area contributed by atoms with Crippen LogP contribution in [0.15, 0.2) is 12.1 Å². The maximum atomic E-state index is 6.06. The van der Waals surface area contributed by atoms with Crippen LogP contribution in [0.1, 0.15) is 24.4 Å². The zero-order valence-corrected chi connectivity index (χ0v) is 11.1. The Morgan fingerprint density at radius 2 is 2.17 bits per heavy atom. The standard InChI is InChI=1S/C11H14ClN5O/c1-6-4-9(10(18-3)5-8(6)12)17-11(7(2)13)14-15-16-17/h4-5,7H,13H2,1-3H3. The van der Waals surface area contributed by atoms with Crippen LogP contribution in [0.5, 0.6) is 5.75 Å². The van der Waals surface area contributed by atoms with E-state index in [1.807, 2.05) is 19.9 Å². The third kappa shape index (κ3) is 2.16. The van der Waals surface area contributed by atoms with Gasteiger partial charge in [0.05, 0.1) is 13.2 Å². The number of ether oxygens (including phenoxy) is 1. The van der Waals surface area contributed by atoms with Gasteiger partial charge in [-0.1, -0.05) is 11.6 Å². The van der Waals surface area contributed by atoms with E-state index in [9.17, 15) is 0 Å². The molecule has 18 heavy (non-hydrogen) atoms. The van der Waals surface area contributed by atoms with Gasteiger partial charge in [0.1, 0.15) is 11.4 Å². The zero-order chi connectivity index (χ0) is 13.3. The molecule has 0 aliphatic rings. The van der Waals surface area contributed by atoms with E-state index in [0.29, 0.717) is 16.6 Å². The first-order chi connectivity index (χ1) is 8.54. The summed E-state index contributed by atoms with van der Waals surface area (Å²) in [6.07, 6.45) is 0. The van der Waals surface area contributed by atoms with E-state index in [-0.39, 0.29) is 6.04 Å². The smallest absolute Gasteiger partial charge is 0.173 e. The van der Waals surface area contributed by atoms with Crippen LogP contribution >= 0.6 is 11.6 Å². The molecule has 2 aromatic rings. The second kappa shape index (κ2) is 4.91. The molecule has 96 valence electrons. The normalized spacial score (nSPS) is 12.5. The summed E-state index contributed by atoms with van der Waals surface area (Å²) in [6.45, 7) is 3.72. The highest BCUT2D eigenvalue weighted by Gasteiger charge is 2.16. The molecule has 2 rings (SSSR count). The molecule has 0 amide bonds. The molecule has 0 bridgehead atoms. The summed E-state index contributed by atoms with van der Waals surface area (Å²) in [5, 5.41) is 12.1. The molecule has 6 nitrogen and oxygen atoms in total. The summed E-state index contributed by atoms with van der Waals surface area (Å²) < 4.78 is 6.86. The fraction of sp³-hybridized carbons (Fsp3) is 0.364. The minimum absolute atomic E-state index is 0.277. The van der Waals surface area contributed by atoms with E-state index < -0.39 is 0 Å². The third-order valence-electron chi connectivity index (χ3n) is 2.59. The largest absolute Gasteiger partial charge is 0.494 e. The SMILES string of the molecule is COc1cc(Cl)c(C)cc1-n1nnnc1C(C)N.